The molecule has 1 atom stereocenters. The standard InChI is InChI=1S/C33H42N8O3/c1-4-33(42)37-26-20-27(30(43-3)21-29(26)40-17-15-39(16-18-40)25-10-13-38(2)14-11-25)36-31-22-32(35-23-34-31)41-28(12-19-44-41)24-8-6-5-7-9-24/h4-9,20-23,25,28H,1,10-19H2,2-3H3,(H,37,42)(H,34,35,36)/t28-/m1/s1. The first-order chi connectivity index (χ1) is 21.5. The van der Waals surface area contributed by atoms with Crippen molar-refractivity contribution in [2.45, 2.75) is 31.3 Å². The number of hydrogen-bond acceptors (Lipinski definition) is 10. The number of ether oxygens (including phenoxy) is 1. The molecule has 3 aromatic rings. The monoisotopic (exact) mass is 598 g/mol. The maximum absolute atomic E-state index is 12.5. The van der Waals surface area contributed by atoms with Crippen molar-refractivity contribution in [1.29, 1.82) is 0 Å². The molecule has 0 unspecified atom stereocenters. The van der Waals surface area contributed by atoms with E-state index >= 15 is 0 Å². The fourth-order valence-corrected chi connectivity index (χ4v) is 6.42. The molecule has 44 heavy (non-hydrogen) atoms. The minimum atomic E-state index is -0.269. The maximum atomic E-state index is 12.5. The molecule has 6 rings (SSSR count). The van der Waals surface area contributed by atoms with Crippen LogP contribution in [0.4, 0.5) is 28.7 Å². The molecule has 0 saturated carbocycles. The Morgan fingerprint density at radius 2 is 1.77 bits per heavy atom. The Morgan fingerprint density at radius 3 is 2.50 bits per heavy atom. The van der Waals surface area contributed by atoms with E-state index in [0.29, 0.717) is 41.4 Å². The Kier molecular flexibility index (Phi) is 9.25. The van der Waals surface area contributed by atoms with Gasteiger partial charge in [-0.05, 0) is 50.7 Å². The normalized spacial score (nSPS) is 20.0. The fourth-order valence-electron chi connectivity index (χ4n) is 6.42. The van der Waals surface area contributed by atoms with Crippen LogP contribution in [0.15, 0.2) is 67.5 Å². The van der Waals surface area contributed by atoms with Crippen LogP contribution in [0.5, 0.6) is 5.75 Å². The third-order valence-corrected chi connectivity index (χ3v) is 8.85. The molecule has 3 aliphatic rings. The summed E-state index contributed by atoms with van der Waals surface area (Å²) in [7, 11) is 3.85. The van der Waals surface area contributed by atoms with Crippen molar-refractivity contribution in [3.05, 3.63) is 73.1 Å². The maximum Gasteiger partial charge on any atom is 0.247 e. The molecule has 232 valence electrons. The van der Waals surface area contributed by atoms with E-state index in [4.69, 9.17) is 9.57 Å². The Balaban J connectivity index is 1.22. The van der Waals surface area contributed by atoms with Gasteiger partial charge in [-0.25, -0.2) is 15.0 Å². The third kappa shape index (κ3) is 6.64. The molecule has 2 N–H and O–H groups in total. The third-order valence-electron chi connectivity index (χ3n) is 8.85. The lowest BCUT2D eigenvalue weighted by atomic mass is 10.0. The minimum absolute atomic E-state index is 0.0633. The van der Waals surface area contributed by atoms with Gasteiger partial charge in [0.2, 0.25) is 5.91 Å². The number of hydrogen-bond donors (Lipinski definition) is 2. The zero-order valence-corrected chi connectivity index (χ0v) is 25.6. The van der Waals surface area contributed by atoms with E-state index in [0.717, 1.165) is 51.4 Å². The lowest BCUT2D eigenvalue weighted by Crippen LogP contribution is -2.53. The van der Waals surface area contributed by atoms with Gasteiger partial charge in [0.25, 0.3) is 0 Å². The molecule has 11 nitrogen and oxygen atoms in total. The molecular weight excluding hydrogens is 556 g/mol. The average molecular weight is 599 g/mol. The van der Waals surface area contributed by atoms with Gasteiger partial charge >= 0.3 is 0 Å². The number of rotatable bonds is 9. The van der Waals surface area contributed by atoms with Gasteiger partial charge in [-0.2, -0.15) is 0 Å². The second kappa shape index (κ2) is 13.6. The highest BCUT2D eigenvalue weighted by Crippen LogP contribution is 2.40. The summed E-state index contributed by atoms with van der Waals surface area (Å²) in [6.45, 7) is 10.3. The molecule has 3 aliphatic heterocycles. The number of methoxy groups -OCH3 is 1. The number of nitrogens with one attached hydrogen (secondary N) is 2. The molecule has 0 radical (unpaired) electrons. The molecule has 3 saturated heterocycles. The predicted octanol–water partition coefficient (Wildman–Crippen LogP) is 4.45. The van der Waals surface area contributed by atoms with Crippen molar-refractivity contribution >= 4 is 34.6 Å². The van der Waals surface area contributed by atoms with Crippen molar-refractivity contribution in [1.82, 2.24) is 19.8 Å². The van der Waals surface area contributed by atoms with Gasteiger partial charge in [-0.3, -0.25) is 14.5 Å². The number of anilines is 5. The Hall–Kier alpha value is -4.19. The van der Waals surface area contributed by atoms with Crippen molar-refractivity contribution in [2.24, 2.45) is 0 Å². The van der Waals surface area contributed by atoms with Gasteiger partial charge < -0.3 is 25.2 Å². The Labute approximate surface area is 259 Å². The SMILES string of the molecule is C=CC(=O)Nc1cc(Nc2cc(N3OCC[C@@H]3c3ccccc3)ncn2)c(OC)cc1N1CCN(C2CCN(C)CC2)CC1. The van der Waals surface area contributed by atoms with E-state index in [2.05, 4.69) is 61.1 Å². The fraction of sp³-hybridized carbons (Fsp3) is 0.424. The highest BCUT2D eigenvalue weighted by Gasteiger charge is 2.30. The first-order valence-electron chi connectivity index (χ1n) is 15.4. The van der Waals surface area contributed by atoms with Gasteiger partial charge in [0.15, 0.2) is 5.82 Å². The largest absolute Gasteiger partial charge is 0.494 e. The number of piperidine rings is 1. The molecule has 2 aromatic carbocycles. The van der Waals surface area contributed by atoms with E-state index in [9.17, 15) is 4.79 Å². The van der Waals surface area contributed by atoms with Crippen LogP contribution in [0.1, 0.15) is 30.9 Å². The van der Waals surface area contributed by atoms with Gasteiger partial charge in [0, 0.05) is 50.8 Å². The summed E-state index contributed by atoms with van der Waals surface area (Å²) in [5.74, 6) is 1.62. The number of nitrogens with zero attached hydrogens (tertiary/aromatic N) is 6. The lowest BCUT2D eigenvalue weighted by Gasteiger charge is -2.43. The zero-order chi connectivity index (χ0) is 30.5. The summed E-state index contributed by atoms with van der Waals surface area (Å²) < 4.78 is 5.85. The Morgan fingerprint density at radius 1 is 1.00 bits per heavy atom. The summed E-state index contributed by atoms with van der Waals surface area (Å²) in [6, 6.07) is 16.7. The predicted molar refractivity (Wildman–Crippen MR) is 174 cm³/mol. The van der Waals surface area contributed by atoms with E-state index in [1.165, 1.54) is 30.8 Å². The molecule has 1 aromatic heterocycles. The topological polar surface area (TPSA) is 98.3 Å². The van der Waals surface area contributed by atoms with E-state index in [-0.39, 0.29) is 11.9 Å². The number of likely N-dealkylation sites (tertiary alicyclic amines) is 1. The van der Waals surface area contributed by atoms with Crippen LogP contribution >= 0.6 is 0 Å². The summed E-state index contributed by atoms with van der Waals surface area (Å²) >= 11 is 0. The summed E-state index contributed by atoms with van der Waals surface area (Å²) in [5, 5.41) is 8.26. The number of piperazine rings is 1. The molecule has 4 heterocycles. The van der Waals surface area contributed by atoms with Crippen LogP contribution in [-0.4, -0.2) is 91.7 Å². The first-order valence-corrected chi connectivity index (χ1v) is 15.4. The number of carbonyl (C=O) groups excluding carboxylic acids is 1. The molecule has 0 bridgehead atoms. The summed E-state index contributed by atoms with van der Waals surface area (Å²) in [4.78, 5) is 34.8. The number of amides is 1. The molecule has 0 aliphatic carbocycles. The molecule has 11 heteroatoms. The second-order valence-corrected chi connectivity index (χ2v) is 11.6. The van der Waals surface area contributed by atoms with Crippen LogP contribution in [0.25, 0.3) is 0 Å². The quantitative estimate of drug-likeness (QED) is 0.344. The van der Waals surface area contributed by atoms with E-state index in [1.807, 2.05) is 41.5 Å². The van der Waals surface area contributed by atoms with Gasteiger partial charge in [-0.15, -0.1) is 0 Å². The van der Waals surface area contributed by atoms with Crippen molar-refractivity contribution in [3.8, 4) is 5.75 Å². The number of aromatic nitrogens is 2. The van der Waals surface area contributed by atoms with Gasteiger partial charge in [0.1, 0.15) is 17.9 Å². The zero-order valence-electron chi connectivity index (χ0n) is 25.6. The number of benzene rings is 2. The van der Waals surface area contributed by atoms with Crippen LogP contribution in [0.2, 0.25) is 0 Å². The number of carbonyl (C=O) groups is 1. The van der Waals surface area contributed by atoms with Crippen LogP contribution in [-0.2, 0) is 9.63 Å². The Bertz CT molecular complexity index is 1440. The summed E-state index contributed by atoms with van der Waals surface area (Å²) in [6.07, 6.45) is 6.10. The van der Waals surface area contributed by atoms with E-state index in [1.54, 1.807) is 7.11 Å². The first kappa shape index (κ1) is 29.9. The molecule has 0 spiro atoms. The molecule has 3 fully saturated rings. The van der Waals surface area contributed by atoms with Crippen molar-refractivity contribution in [2.75, 3.05) is 80.6 Å². The van der Waals surface area contributed by atoms with E-state index < -0.39 is 0 Å². The van der Waals surface area contributed by atoms with Gasteiger partial charge in [0.05, 0.1) is 36.8 Å². The van der Waals surface area contributed by atoms with Crippen LogP contribution in [0.3, 0.4) is 0 Å². The molecule has 1 amide bonds. The average Bonchev–Trinajstić information content (AvgIpc) is 3.56. The van der Waals surface area contributed by atoms with Crippen LogP contribution < -0.4 is 25.3 Å². The molecular formula is C33H42N8O3. The van der Waals surface area contributed by atoms with Crippen molar-refractivity contribution in [3.63, 3.8) is 0 Å². The van der Waals surface area contributed by atoms with Crippen molar-refractivity contribution < 1.29 is 14.4 Å². The highest BCUT2D eigenvalue weighted by molar-refractivity contribution is 6.02. The summed E-state index contributed by atoms with van der Waals surface area (Å²) in [5.41, 5.74) is 3.45. The van der Waals surface area contributed by atoms with Crippen LogP contribution in [0, 0.1) is 0 Å². The van der Waals surface area contributed by atoms with Gasteiger partial charge in [-0.1, -0.05) is 36.9 Å². The highest BCUT2D eigenvalue weighted by atomic mass is 16.7. The smallest absolute Gasteiger partial charge is 0.247 e. The second-order valence-electron chi connectivity index (χ2n) is 11.6. The minimum Gasteiger partial charge on any atom is -0.494 e. The lowest BCUT2D eigenvalue weighted by molar-refractivity contribution is -0.111. The number of hydroxylamine groups is 1.